The SMILES string of the molecule is CC(=NNC(=O)CNC(=O)c1ccc(Cl)cc1Cl)c1ccccc1. The number of rotatable bonds is 5. The summed E-state index contributed by atoms with van der Waals surface area (Å²) in [5, 5.41) is 7.12. The first-order valence-corrected chi connectivity index (χ1v) is 7.85. The van der Waals surface area contributed by atoms with Gasteiger partial charge in [0.05, 0.1) is 22.8 Å². The second-order valence-electron chi connectivity index (χ2n) is 4.91. The van der Waals surface area contributed by atoms with E-state index in [-0.39, 0.29) is 17.1 Å². The Morgan fingerprint density at radius 2 is 1.79 bits per heavy atom. The Hall–Kier alpha value is -2.37. The number of benzene rings is 2. The van der Waals surface area contributed by atoms with Crippen LogP contribution in [0.3, 0.4) is 0 Å². The summed E-state index contributed by atoms with van der Waals surface area (Å²) in [6.07, 6.45) is 0. The molecule has 24 heavy (non-hydrogen) atoms. The van der Waals surface area contributed by atoms with Crippen LogP contribution in [-0.2, 0) is 4.79 Å². The number of halogens is 2. The van der Waals surface area contributed by atoms with Crippen LogP contribution in [0.1, 0.15) is 22.8 Å². The van der Waals surface area contributed by atoms with E-state index in [2.05, 4.69) is 15.8 Å². The zero-order valence-electron chi connectivity index (χ0n) is 12.8. The number of carbonyl (C=O) groups is 2. The summed E-state index contributed by atoms with van der Waals surface area (Å²) in [4.78, 5) is 23.8. The van der Waals surface area contributed by atoms with Gasteiger partial charge in [0.2, 0.25) is 0 Å². The van der Waals surface area contributed by atoms with Crippen molar-refractivity contribution in [1.29, 1.82) is 0 Å². The van der Waals surface area contributed by atoms with E-state index in [1.165, 1.54) is 12.1 Å². The lowest BCUT2D eigenvalue weighted by molar-refractivity contribution is -0.120. The molecule has 2 amide bonds. The summed E-state index contributed by atoms with van der Waals surface area (Å²) in [5.74, 6) is -0.903. The molecule has 0 bridgehead atoms. The van der Waals surface area contributed by atoms with E-state index in [0.717, 1.165) is 5.56 Å². The molecule has 2 aromatic rings. The van der Waals surface area contributed by atoms with E-state index in [1.807, 2.05) is 30.3 Å². The minimum absolute atomic E-state index is 0.219. The molecular formula is C17H15Cl2N3O2. The average molecular weight is 364 g/mol. The molecule has 0 aliphatic heterocycles. The van der Waals surface area contributed by atoms with Crippen LogP contribution in [0.4, 0.5) is 0 Å². The van der Waals surface area contributed by atoms with E-state index in [4.69, 9.17) is 23.2 Å². The summed E-state index contributed by atoms with van der Waals surface area (Å²) in [6.45, 7) is 1.56. The van der Waals surface area contributed by atoms with Crippen LogP contribution in [0.15, 0.2) is 53.6 Å². The molecule has 2 aromatic carbocycles. The summed E-state index contributed by atoms with van der Waals surface area (Å²) >= 11 is 11.7. The smallest absolute Gasteiger partial charge is 0.259 e. The number of hydrogen-bond acceptors (Lipinski definition) is 3. The number of nitrogens with one attached hydrogen (secondary N) is 2. The highest BCUT2D eigenvalue weighted by atomic mass is 35.5. The second kappa shape index (κ2) is 8.47. The Bertz CT molecular complexity index is 777. The standard InChI is InChI=1S/C17H15Cl2N3O2/c1-11(12-5-3-2-4-6-12)21-22-16(23)10-20-17(24)14-8-7-13(18)9-15(14)19/h2-9H,10H2,1H3,(H,20,24)(H,22,23). The van der Waals surface area contributed by atoms with Crippen LogP contribution in [0, 0.1) is 0 Å². The molecule has 2 rings (SSSR count). The predicted octanol–water partition coefficient (Wildman–Crippen LogP) is 3.26. The first kappa shape index (κ1) is 18.0. The van der Waals surface area contributed by atoms with Gasteiger partial charge in [0.25, 0.3) is 11.8 Å². The maximum atomic E-state index is 12.0. The Balaban J connectivity index is 1.88. The van der Waals surface area contributed by atoms with Gasteiger partial charge >= 0.3 is 0 Å². The number of amides is 2. The van der Waals surface area contributed by atoms with Gasteiger partial charge in [-0.05, 0) is 30.7 Å². The van der Waals surface area contributed by atoms with Crippen LogP contribution in [-0.4, -0.2) is 24.1 Å². The van der Waals surface area contributed by atoms with Crippen molar-refractivity contribution < 1.29 is 9.59 Å². The molecule has 124 valence electrons. The fourth-order valence-corrected chi connectivity index (χ4v) is 2.35. The van der Waals surface area contributed by atoms with E-state index >= 15 is 0 Å². The van der Waals surface area contributed by atoms with Crippen molar-refractivity contribution in [2.75, 3.05) is 6.54 Å². The molecule has 0 fully saturated rings. The third-order valence-corrected chi connectivity index (χ3v) is 3.67. The molecule has 0 heterocycles. The van der Waals surface area contributed by atoms with Crippen molar-refractivity contribution >= 4 is 40.7 Å². The van der Waals surface area contributed by atoms with Crippen molar-refractivity contribution in [2.45, 2.75) is 6.92 Å². The van der Waals surface area contributed by atoms with Gasteiger partial charge < -0.3 is 5.32 Å². The lowest BCUT2D eigenvalue weighted by atomic mass is 10.1. The molecule has 0 saturated carbocycles. The van der Waals surface area contributed by atoms with E-state index in [9.17, 15) is 9.59 Å². The minimum Gasteiger partial charge on any atom is -0.343 e. The zero-order chi connectivity index (χ0) is 17.5. The average Bonchev–Trinajstić information content (AvgIpc) is 2.58. The fraction of sp³-hybridized carbons (Fsp3) is 0.118. The molecule has 0 radical (unpaired) electrons. The maximum Gasteiger partial charge on any atom is 0.259 e. The zero-order valence-corrected chi connectivity index (χ0v) is 14.4. The molecule has 0 aliphatic rings. The van der Waals surface area contributed by atoms with E-state index < -0.39 is 11.8 Å². The third kappa shape index (κ3) is 5.08. The molecule has 7 heteroatoms. The topological polar surface area (TPSA) is 70.6 Å². The molecule has 0 aromatic heterocycles. The second-order valence-corrected chi connectivity index (χ2v) is 5.75. The number of nitrogens with zero attached hydrogens (tertiary/aromatic N) is 1. The Morgan fingerprint density at radius 3 is 2.46 bits per heavy atom. The van der Waals surface area contributed by atoms with Crippen LogP contribution in [0.5, 0.6) is 0 Å². The number of hydrogen-bond donors (Lipinski definition) is 2. The van der Waals surface area contributed by atoms with Gasteiger partial charge in [0.15, 0.2) is 0 Å². The van der Waals surface area contributed by atoms with Gasteiger partial charge in [-0.25, -0.2) is 5.43 Å². The van der Waals surface area contributed by atoms with Crippen molar-refractivity contribution in [3.8, 4) is 0 Å². The first-order valence-electron chi connectivity index (χ1n) is 7.09. The Labute approximate surface area is 149 Å². The van der Waals surface area contributed by atoms with Crippen LogP contribution >= 0.6 is 23.2 Å². The maximum absolute atomic E-state index is 12.0. The summed E-state index contributed by atoms with van der Waals surface area (Å²) < 4.78 is 0. The third-order valence-electron chi connectivity index (χ3n) is 3.13. The van der Waals surface area contributed by atoms with Gasteiger partial charge in [-0.1, -0.05) is 53.5 Å². The largest absolute Gasteiger partial charge is 0.343 e. The van der Waals surface area contributed by atoms with Crippen molar-refractivity contribution in [3.63, 3.8) is 0 Å². The molecule has 5 nitrogen and oxygen atoms in total. The molecule has 0 atom stereocenters. The Kier molecular flexibility index (Phi) is 6.35. The van der Waals surface area contributed by atoms with E-state index in [1.54, 1.807) is 13.0 Å². The molecule has 0 unspecified atom stereocenters. The van der Waals surface area contributed by atoms with Crippen LogP contribution in [0.2, 0.25) is 10.0 Å². The lowest BCUT2D eigenvalue weighted by Crippen LogP contribution is -2.35. The first-order chi connectivity index (χ1) is 11.5. The summed E-state index contributed by atoms with van der Waals surface area (Å²) in [6, 6.07) is 13.9. The van der Waals surface area contributed by atoms with Crippen LogP contribution in [0.25, 0.3) is 0 Å². The van der Waals surface area contributed by atoms with Gasteiger partial charge in [-0.15, -0.1) is 0 Å². The summed E-state index contributed by atoms with van der Waals surface area (Å²) in [7, 11) is 0. The van der Waals surface area contributed by atoms with Crippen molar-refractivity contribution in [3.05, 3.63) is 69.7 Å². The van der Waals surface area contributed by atoms with Gasteiger partial charge in [0.1, 0.15) is 0 Å². The van der Waals surface area contributed by atoms with Gasteiger partial charge in [0, 0.05) is 5.02 Å². The number of hydrazone groups is 1. The minimum atomic E-state index is -0.462. The van der Waals surface area contributed by atoms with Crippen molar-refractivity contribution in [2.24, 2.45) is 5.10 Å². The molecule has 2 N–H and O–H groups in total. The highest BCUT2D eigenvalue weighted by molar-refractivity contribution is 6.36. The van der Waals surface area contributed by atoms with E-state index in [0.29, 0.717) is 10.7 Å². The van der Waals surface area contributed by atoms with Crippen LogP contribution < -0.4 is 10.7 Å². The molecular weight excluding hydrogens is 349 g/mol. The van der Waals surface area contributed by atoms with Gasteiger partial charge in [-0.3, -0.25) is 9.59 Å². The lowest BCUT2D eigenvalue weighted by Gasteiger charge is -2.07. The molecule has 0 aliphatic carbocycles. The highest BCUT2D eigenvalue weighted by Gasteiger charge is 2.11. The molecule has 0 saturated heterocycles. The number of carbonyl (C=O) groups excluding carboxylic acids is 2. The predicted molar refractivity (Wildman–Crippen MR) is 95.6 cm³/mol. The fourth-order valence-electron chi connectivity index (χ4n) is 1.86. The molecule has 0 spiro atoms. The normalized spacial score (nSPS) is 11.0. The highest BCUT2D eigenvalue weighted by Crippen LogP contribution is 2.20. The summed E-state index contributed by atoms with van der Waals surface area (Å²) in [5.41, 5.74) is 4.20. The van der Waals surface area contributed by atoms with Gasteiger partial charge in [-0.2, -0.15) is 5.10 Å². The van der Waals surface area contributed by atoms with Crippen molar-refractivity contribution in [1.82, 2.24) is 10.7 Å². The quantitative estimate of drug-likeness (QED) is 0.632. The Morgan fingerprint density at radius 1 is 1.08 bits per heavy atom. The monoisotopic (exact) mass is 363 g/mol.